The Morgan fingerprint density at radius 1 is 1.21 bits per heavy atom. The predicted molar refractivity (Wildman–Crippen MR) is 67.7 cm³/mol. The molecule has 0 amide bonds. The molecule has 0 saturated carbocycles. The number of rotatable bonds is 4. The molecule has 100 valence electrons. The second kappa shape index (κ2) is 5.29. The number of sulfonamides is 1. The van der Waals surface area contributed by atoms with Gasteiger partial charge in [-0.15, -0.1) is 5.10 Å². The van der Waals surface area contributed by atoms with E-state index in [1.54, 1.807) is 19.1 Å². The molecule has 19 heavy (non-hydrogen) atoms. The number of aliphatic hydroxyl groups is 1. The van der Waals surface area contributed by atoms with Gasteiger partial charge >= 0.3 is 0 Å². The van der Waals surface area contributed by atoms with Gasteiger partial charge in [-0.25, -0.2) is 18.1 Å². The fraction of sp³-hybridized carbons (Fsp3) is 0.182. The lowest BCUT2D eigenvalue weighted by atomic mass is 10.1. The number of anilines is 1. The highest BCUT2D eigenvalue weighted by Gasteiger charge is 2.15. The lowest BCUT2D eigenvalue weighted by molar-refractivity contribution is 0.199. The highest BCUT2D eigenvalue weighted by molar-refractivity contribution is 7.92. The highest BCUT2D eigenvalue weighted by Crippen LogP contribution is 2.17. The van der Waals surface area contributed by atoms with Gasteiger partial charge < -0.3 is 5.11 Å². The normalized spacial score (nSPS) is 12.9. The Morgan fingerprint density at radius 3 is 2.42 bits per heavy atom. The van der Waals surface area contributed by atoms with E-state index >= 15 is 0 Å². The third-order valence-electron chi connectivity index (χ3n) is 2.38. The van der Waals surface area contributed by atoms with Crippen molar-refractivity contribution in [2.24, 2.45) is 0 Å². The number of benzene rings is 1. The average Bonchev–Trinajstić information content (AvgIpc) is 2.39. The number of aliphatic hydroxyl groups excluding tert-OH is 1. The van der Waals surface area contributed by atoms with Crippen molar-refractivity contribution in [1.29, 1.82) is 0 Å². The number of hydrogen-bond donors (Lipinski definition) is 2. The maximum atomic E-state index is 12.0. The van der Waals surface area contributed by atoms with Crippen molar-refractivity contribution >= 4 is 16.0 Å². The Bertz CT molecular complexity index is 641. The fourth-order valence-corrected chi connectivity index (χ4v) is 2.35. The third-order valence-corrected chi connectivity index (χ3v) is 3.73. The molecular formula is C11H12N4O3S. The van der Waals surface area contributed by atoms with Crippen molar-refractivity contribution in [2.75, 3.05) is 4.72 Å². The predicted octanol–water partition coefficient (Wildman–Crippen LogP) is 0.726. The molecule has 1 heterocycles. The van der Waals surface area contributed by atoms with Crippen molar-refractivity contribution in [1.82, 2.24) is 15.2 Å². The van der Waals surface area contributed by atoms with Crippen LogP contribution in [0, 0.1) is 0 Å². The Balaban J connectivity index is 2.25. The molecule has 0 saturated heterocycles. The first kappa shape index (κ1) is 13.4. The topological polar surface area (TPSA) is 105 Å². The molecule has 0 aliphatic heterocycles. The zero-order valence-electron chi connectivity index (χ0n) is 10.1. The summed E-state index contributed by atoms with van der Waals surface area (Å²) in [5.41, 5.74) is 0.636. The summed E-state index contributed by atoms with van der Waals surface area (Å²) in [7, 11) is -3.75. The van der Waals surface area contributed by atoms with Crippen LogP contribution in [-0.4, -0.2) is 28.7 Å². The molecule has 0 fully saturated rings. The summed E-state index contributed by atoms with van der Waals surface area (Å²) in [6, 6.07) is 5.90. The molecule has 2 N–H and O–H groups in total. The van der Waals surface area contributed by atoms with Gasteiger partial charge in [-0.3, -0.25) is 0 Å². The van der Waals surface area contributed by atoms with Crippen LogP contribution in [0.15, 0.2) is 41.6 Å². The number of hydrogen-bond acceptors (Lipinski definition) is 6. The van der Waals surface area contributed by atoms with E-state index in [0.29, 0.717) is 5.56 Å². The number of nitrogens with one attached hydrogen (secondary N) is 1. The summed E-state index contributed by atoms with van der Waals surface area (Å²) in [4.78, 5) is 3.79. The number of aromatic nitrogens is 3. The summed E-state index contributed by atoms with van der Waals surface area (Å²) in [5.74, 6) is -0.0953. The molecular weight excluding hydrogens is 268 g/mol. The zero-order valence-corrected chi connectivity index (χ0v) is 10.9. The molecule has 7 nitrogen and oxygen atoms in total. The lowest BCUT2D eigenvalue weighted by Crippen LogP contribution is -2.15. The summed E-state index contributed by atoms with van der Waals surface area (Å²) >= 11 is 0. The van der Waals surface area contributed by atoms with E-state index in [2.05, 4.69) is 19.9 Å². The average molecular weight is 280 g/mol. The summed E-state index contributed by atoms with van der Waals surface area (Å²) in [5, 5.41) is 16.4. The minimum absolute atomic E-state index is 0.0596. The van der Waals surface area contributed by atoms with E-state index in [1.165, 1.54) is 24.5 Å². The van der Waals surface area contributed by atoms with E-state index in [4.69, 9.17) is 0 Å². The van der Waals surface area contributed by atoms with E-state index in [-0.39, 0.29) is 10.8 Å². The maximum absolute atomic E-state index is 12.0. The number of nitrogens with zero attached hydrogens (tertiary/aromatic N) is 3. The van der Waals surface area contributed by atoms with Crippen LogP contribution in [0.1, 0.15) is 18.6 Å². The summed E-state index contributed by atoms with van der Waals surface area (Å²) in [6.45, 7) is 1.60. The van der Waals surface area contributed by atoms with Crippen molar-refractivity contribution in [2.45, 2.75) is 17.9 Å². The zero-order chi connectivity index (χ0) is 13.9. The second-order valence-electron chi connectivity index (χ2n) is 3.82. The highest BCUT2D eigenvalue weighted by atomic mass is 32.2. The van der Waals surface area contributed by atoms with Gasteiger partial charge in [0.1, 0.15) is 0 Å². The molecule has 1 unspecified atom stereocenters. The maximum Gasteiger partial charge on any atom is 0.264 e. The van der Waals surface area contributed by atoms with Gasteiger partial charge in [0.05, 0.1) is 23.4 Å². The molecule has 0 radical (unpaired) electrons. The van der Waals surface area contributed by atoms with Gasteiger partial charge in [-0.2, -0.15) is 5.10 Å². The third kappa shape index (κ3) is 3.24. The smallest absolute Gasteiger partial charge is 0.264 e. The first-order valence-corrected chi connectivity index (χ1v) is 6.92. The SMILES string of the molecule is CC(O)c1ccc(S(=O)(=O)Nc2nccnn2)cc1. The van der Waals surface area contributed by atoms with Crippen molar-refractivity contribution in [3.63, 3.8) is 0 Å². The Morgan fingerprint density at radius 2 is 1.89 bits per heavy atom. The Labute approximate surface area is 110 Å². The van der Waals surface area contributed by atoms with Gasteiger partial charge in [0.2, 0.25) is 0 Å². The standard InChI is InChI=1S/C11H12N4O3S/c1-8(16)9-2-4-10(5-3-9)19(17,18)15-11-12-6-7-13-14-11/h2-8,16H,1H3,(H,12,14,15). The molecule has 8 heteroatoms. The molecule has 2 rings (SSSR count). The molecule has 2 aromatic rings. The molecule has 1 aromatic carbocycles. The van der Waals surface area contributed by atoms with E-state index in [1.807, 2.05) is 0 Å². The van der Waals surface area contributed by atoms with Gasteiger partial charge in [0, 0.05) is 0 Å². The van der Waals surface area contributed by atoms with Crippen LogP contribution in [0.4, 0.5) is 5.95 Å². The van der Waals surface area contributed by atoms with Crippen LogP contribution in [0.5, 0.6) is 0 Å². The Kier molecular flexibility index (Phi) is 3.72. The fourth-order valence-electron chi connectivity index (χ4n) is 1.40. The van der Waals surface area contributed by atoms with Crippen LogP contribution >= 0.6 is 0 Å². The summed E-state index contributed by atoms with van der Waals surface area (Å²) < 4.78 is 26.2. The monoisotopic (exact) mass is 280 g/mol. The minimum Gasteiger partial charge on any atom is -0.389 e. The molecule has 0 spiro atoms. The first-order chi connectivity index (χ1) is 8.99. The lowest BCUT2D eigenvalue weighted by Gasteiger charge is -2.08. The van der Waals surface area contributed by atoms with Crippen molar-refractivity contribution in [3.8, 4) is 0 Å². The van der Waals surface area contributed by atoms with Gasteiger partial charge in [-0.05, 0) is 24.6 Å². The Hall–Kier alpha value is -2.06. The molecule has 0 aliphatic rings. The molecule has 0 bridgehead atoms. The molecule has 1 aromatic heterocycles. The minimum atomic E-state index is -3.75. The van der Waals surface area contributed by atoms with Gasteiger partial charge in [0.25, 0.3) is 16.0 Å². The largest absolute Gasteiger partial charge is 0.389 e. The van der Waals surface area contributed by atoms with Crippen LogP contribution in [0.25, 0.3) is 0 Å². The van der Waals surface area contributed by atoms with Gasteiger partial charge in [-0.1, -0.05) is 12.1 Å². The van der Waals surface area contributed by atoms with Crippen LogP contribution in [-0.2, 0) is 10.0 Å². The van der Waals surface area contributed by atoms with E-state index in [9.17, 15) is 13.5 Å². The summed E-state index contributed by atoms with van der Waals surface area (Å²) in [6.07, 6.45) is 2.03. The quantitative estimate of drug-likeness (QED) is 0.855. The van der Waals surface area contributed by atoms with Crippen LogP contribution < -0.4 is 4.72 Å². The second-order valence-corrected chi connectivity index (χ2v) is 5.50. The molecule has 0 aliphatic carbocycles. The van der Waals surface area contributed by atoms with Crippen molar-refractivity contribution < 1.29 is 13.5 Å². The molecule has 1 atom stereocenters. The van der Waals surface area contributed by atoms with Crippen molar-refractivity contribution in [3.05, 3.63) is 42.2 Å². The first-order valence-electron chi connectivity index (χ1n) is 5.43. The van der Waals surface area contributed by atoms with E-state index < -0.39 is 16.1 Å². The van der Waals surface area contributed by atoms with E-state index in [0.717, 1.165) is 0 Å². The van der Waals surface area contributed by atoms with Crippen LogP contribution in [0.3, 0.4) is 0 Å². The van der Waals surface area contributed by atoms with Crippen LogP contribution in [0.2, 0.25) is 0 Å². The van der Waals surface area contributed by atoms with Gasteiger partial charge in [0.15, 0.2) is 0 Å².